The molecule has 0 radical (unpaired) electrons. The first kappa shape index (κ1) is 11.6. The molecule has 0 unspecified atom stereocenters. The first-order valence-corrected chi connectivity index (χ1v) is 5.79. The number of alkyl halides is 1. The highest BCUT2D eigenvalue weighted by Crippen LogP contribution is 2.20. The van der Waals surface area contributed by atoms with Gasteiger partial charge < -0.3 is 0 Å². The zero-order chi connectivity index (χ0) is 10.7. The Morgan fingerprint density at radius 3 is 2.79 bits per heavy atom. The van der Waals surface area contributed by atoms with Gasteiger partial charge in [-0.2, -0.15) is 5.26 Å². The van der Waals surface area contributed by atoms with E-state index < -0.39 is 5.82 Å². The van der Waals surface area contributed by atoms with Crippen LogP contribution in [-0.2, 0) is 0 Å². The number of hydrogen-bond donors (Lipinski definition) is 0. The molecule has 1 aromatic rings. The quantitative estimate of drug-likeness (QED) is 0.458. The van der Waals surface area contributed by atoms with Crippen LogP contribution in [0.15, 0.2) is 12.1 Å². The molecule has 72 valence electrons. The van der Waals surface area contributed by atoms with Gasteiger partial charge in [0.05, 0.1) is 14.5 Å². The smallest absolute Gasteiger partial charge is 0.174 e. The standard InChI is InChI=1S/C9H4BrFINO/c10-3-8(14)5-1-2-7(11)9(12)6(5)4-13/h1-2H,3H2. The van der Waals surface area contributed by atoms with E-state index in [4.69, 9.17) is 5.26 Å². The Morgan fingerprint density at radius 2 is 2.29 bits per heavy atom. The molecule has 2 nitrogen and oxygen atoms in total. The number of halogens is 3. The summed E-state index contributed by atoms with van der Waals surface area (Å²) in [6.07, 6.45) is 0. The van der Waals surface area contributed by atoms with Crippen LogP contribution in [0.25, 0.3) is 0 Å². The topological polar surface area (TPSA) is 40.9 Å². The second-order valence-electron chi connectivity index (χ2n) is 2.45. The van der Waals surface area contributed by atoms with E-state index >= 15 is 0 Å². The van der Waals surface area contributed by atoms with Crippen molar-refractivity contribution in [3.8, 4) is 6.07 Å². The third kappa shape index (κ3) is 2.12. The first-order chi connectivity index (χ1) is 6.61. The van der Waals surface area contributed by atoms with Crippen molar-refractivity contribution in [1.29, 1.82) is 5.26 Å². The van der Waals surface area contributed by atoms with Crippen LogP contribution in [0.1, 0.15) is 15.9 Å². The van der Waals surface area contributed by atoms with E-state index in [-0.39, 0.29) is 25.8 Å². The van der Waals surface area contributed by atoms with Gasteiger partial charge in [-0.05, 0) is 34.7 Å². The monoisotopic (exact) mass is 367 g/mol. The molecule has 0 spiro atoms. The predicted octanol–water partition coefficient (Wildman–Crippen LogP) is 2.88. The number of carbonyl (C=O) groups is 1. The van der Waals surface area contributed by atoms with E-state index in [2.05, 4.69) is 15.9 Å². The van der Waals surface area contributed by atoms with E-state index in [0.717, 1.165) is 0 Å². The summed E-state index contributed by atoms with van der Waals surface area (Å²) < 4.78 is 13.2. The van der Waals surface area contributed by atoms with Crippen LogP contribution < -0.4 is 0 Å². The lowest BCUT2D eigenvalue weighted by molar-refractivity contribution is 0.102. The lowest BCUT2D eigenvalue weighted by atomic mass is 10.1. The van der Waals surface area contributed by atoms with Gasteiger partial charge in [0, 0.05) is 5.56 Å². The van der Waals surface area contributed by atoms with Gasteiger partial charge in [-0.1, -0.05) is 15.9 Å². The van der Waals surface area contributed by atoms with Gasteiger partial charge in [0.25, 0.3) is 0 Å². The Bertz CT molecular complexity index is 428. The molecule has 0 amide bonds. The Balaban J connectivity index is 3.40. The molecule has 0 bridgehead atoms. The van der Waals surface area contributed by atoms with Crippen LogP contribution in [0.4, 0.5) is 4.39 Å². The molecule has 0 aliphatic rings. The Hall–Kier alpha value is -0.480. The fourth-order valence-corrected chi connectivity index (χ4v) is 1.86. The minimum atomic E-state index is -0.478. The molecule has 0 atom stereocenters. The maximum Gasteiger partial charge on any atom is 0.174 e. The molecule has 0 saturated carbocycles. The second-order valence-corrected chi connectivity index (χ2v) is 4.09. The maximum atomic E-state index is 13.0. The van der Waals surface area contributed by atoms with E-state index in [1.807, 2.05) is 6.07 Å². The summed E-state index contributed by atoms with van der Waals surface area (Å²) in [6.45, 7) is 0. The number of nitriles is 1. The van der Waals surface area contributed by atoms with Crippen LogP contribution >= 0.6 is 38.5 Å². The van der Waals surface area contributed by atoms with Crippen LogP contribution in [-0.4, -0.2) is 11.1 Å². The zero-order valence-corrected chi connectivity index (χ0v) is 10.6. The first-order valence-electron chi connectivity index (χ1n) is 3.59. The highest BCUT2D eigenvalue weighted by atomic mass is 127. The Labute approximate surface area is 102 Å². The van der Waals surface area contributed by atoms with E-state index in [9.17, 15) is 9.18 Å². The molecule has 14 heavy (non-hydrogen) atoms. The number of hydrogen-bond acceptors (Lipinski definition) is 2. The highest BCUT2D eigenvalue weighted by Gasteiger charge is 2.15. The van der Waals surface area contributed by atoms with Gasteiger partial charge in [0.2, 0.25) is 0 Å². The summed E-state index contributed by atoms with van der Waals surface area (Å²) in [4.78, 5) is 11.3. The van der Waals surface area contributed by atoms with Crippen molar-refractivity contribution in [1.82, 2.24) is 0 Å². The zero-order valence-electron chi connectivity index (χ0n) is 6.85. The summed E-state index contributed by atoms with van der Waals surface area (Å²) in [5.41, 5.74) is 0.366. The number of rotatable bonds is 2. The minimum absolute atomic E-state index is 0.107. The summed E-state index contributed by atoms with van der Waals surface area (Å²) in [5.74, 6) is -0.701. The average Bonchev–Trinajstić information content (AvgIpc) is 2.20. The minimum Gasteiger partial charge on any atom is -0.293 e. The molecule has 0 aliphatic carbocycles. The van der Waals surface area contributed by atoms with Gasteiger partial charge >= 0.3 is 0 Å². The van der Waals surface area contributed by atoms with E-state index in [0.29, 0.717) is 0 Å². The van der Waals surface area contributed by atoms with Crippen molar-refractivity contribution in [3.63, 3.8) is 0 Å². The van der Waals surface area contributed by atoms with Crippen molar-refractivity contribution < 1.29 is 9.18 Å². The molecule has 0 saturated heterocycles. The molecule has 0 aliphatic heterocycles. The van der Waals surface area contributed by atoms with Gasteiger partial charge in [0.1, 0.15) is 11.9 Å². The number of ketones is 1. The van der Waals surface area contributed by atoms with Crippen LogP contribution in [0.2, 0.25) is 0 Å². The Kier molecular flexibility index (Phi) is 4.01. The van der Waals surface area contributed by atoms with Crippen molar-refractivity contribution in [2.45, 2.75) is 0 Å². The molecule has 0 N–H and O–H groups in total. The van der Waals surface area contributed by atoms with E-state index in [1.54, 1.807) is 22.6 Å². The number of nitrogens with zero attached hydrogens (tertiary/aromatic N) is 1. The molecule has 0 aromatic heterocycles. The van der Waals surface area contributed by atoms with Crippen LogP contribution in [0.5, 0.6) is 0 Å². The van der Waals surface area contributed by atoms with Gasteiger partial charge in [0.15, 0.2) is 5.78 Å². The molecule has 1 aromatic carbocycles. The predicted molar refractivity (Wildman–Crippen MR) is 62.0 cm³/mol. The largest absolute Gasteiger partial charge is 0.293 e. The number of Topliss-reactive ketones (excluding diaryl/α,β-unsaturated/α-hetero) is 1. The summed E-state index contributed by atoms with van der Waals surface area (Å²) >= 11 is 4.72. The SMILES string of the molecule is N#Cc1c(C(=O)CBr)ccc(F)c1I. The summed E-state index contributed by atoms with van der Waals surface area (Å²) in [5, 5.41) is 8.91. The Morgan fingerprint density at radius 1 is 1.64 bits per heavy atom. The molecular weight excluding hydrogens is 364 g/mol. The molecule has 0 fully saturated rings. The lowest BCUT2D eigenvalue weighted by Crippen LogP contribution is -2.05. The van der Waals surface area contributed by atoms with Crippen LogP contribution in [0, 0.1) is 20.7 Å². The lowest BCUT2D eigenvalue weighted by Gasteiger charge is -2.03. The molecular formula is C9H4BrFINO. The van der Waals surface area contributed by atoms with Crippen molar-refractivity contribution in [3.05, 3.63) is 32.6 Å². The normalized spacial score (nSPS) is 9.57. The second kappa shape index (κ2) is 4.84. The van der Waals surface area contributed by atoms with E-state index in [1.165, 1.54) is 12.1 Å². The fourth-order valence-electron chi connectivity index (χ4n) is 0.964. The van der Waals surface area contributed by atoms with Crippen LogP contribution in [0.3, 0.4) is 0 Å². The number of carbonyl (C=O) groups excluding carboxylic acids is 1. The average molecular weight is 368 g/mol. The van der Waals surface area contributed by atoms with Crippen molar-refractivity contribution in [2.75, 3.05) is 5.33 Å². The third-order valence-corrected chi connectivity index (χ3v) is 3.19. The highest BCUT2D eigenvalue weighted by molar-refractivity contribution is 14.1. The van der Waals surface area contributed by atoms with Gasteiger partial charge in [-0.15, -0.1) is 0 Å². The summed E-state index contributed by atoms with van der Waals surface area (Å²) in [6, 6.07) is 4.36. The molecule has 5 heteroatoms. The maximum absolute atomic E-state index is 13.0. The summed E-state index contributed by atoms with van der Waals surface area (Å²) in [7, 11) is 0. The fraction of sp³-hybridized carbons (Fsp3) is 0.111. The van der Waals surface area contributed by atoms with Crippen molar-refractivity contribution >= 4 is 44.3 Å². The van der Waals surface area contributed by atoms with Gasteiger partial charge in [-0.25, -0.2) is 4.39 Å². The van der Waals surface area contributed by atoms with Crippen molar-refractivity contribution in [2.24, 2.45) is 0 Å². The molecule has 0 heterocycles. The third-order valence-electron chi connectivity index (χ3n) is 1.63. The van der Waals surface area contributed by atoms with Gasteiger partial charge in [-0.3, -0.25) is 4.79 Å². The molecule has 1 rings (SSSR count). The number of benzene rings is 1.